The molecule has 84 valence electrons. The number of fused-ring (bicyclic) bond motifs is 1. The van der Waals surface area contributed by atoms with E-state index < -0.39 is 0 Å². The first-order valence-corrected chi connectivity index (χ1v) is 5.15. The van der Waals surface area contributed by atoms with Gasteiger partial charge in [-0.1, -0.05) is 6.07 Å². The van der Waals surface area contributed by atoms with Crippen molar-refractivity contribution in [3.63, 3.8) is 0 Å². The van der Waals surface area contributed by atoms with Crippen molar-refractivity contribution >= 4 is 17.0 Å². The SMILES string of the molecule is Nc1ncnc2c1ncn2Cc1cccnc1. The van der Waals surface area contributed by atoms with E-state index in [2.05, 4.69) is 19.9 Å². The van der Waals surface area contributed by atoms with Crippen molar-refractivity contribution in [3.8, 4) is 0 Å². The maximum Gasteiger partial charge on any atom is 0.165 e. The second-order valence-electron chi connectivity index (χ2n) is 3.66. The highest BCUT2D eigenvalue weighted by Gasteiger charge is 2.07. The van der Waals surface area contributed by atoms with Gasteiger partial charge in [-0.3, -0.25) is 4.98 Å². The van der Waals surface area contributed by atoms with Gasteiger partial charge in [0.15, 0.2) is 11.5 Å². The molecule has 0 spiro atoms. The fourth-order valence-electron chi connectivity index (χ4n) is 1.70. The van der Waals surface area contributed by atoms with Crippen molar-refractivity contribution in [2.45, 2.75) is 6.54 Å². The minimum atomic E-state index is 0.403. The summed E-state index contributed by atoms with van der Waals surface area (Å²) in [6, 6.07) is 3.90. The van der Waals surface area contributed by atoms with Crippen LogP contribution in [0.15, 0.2) is 37.2 Å². The summed E-state index contributed by atoms with van der Waals surface area (Å²) < 4.78 is 1.92. The highest BCUT2D eigenvalue weighted by atomic mass is 15.1. The van der Waals surface area contributed by atoms with Gasteiger partial charge in [0.25, 0.3) is 0 Å². The molecule has 3 aromatic heterocycles. The lowest BCUT2D eigenvalue weighted by atomic mass is 10.3. The van der Waals surface area contributed by atoms with Crippen LogP contribution in [0.4, 0.5) is 5.82 Å². The van der Waals surface area contributed by atoms with Gasteiger partial charge in [-0.2, -0.15) is 0 Å². The van der Waals surface area contributed by atoms with E-state index in [9.17, 15) is 0 Å². The molecular weight excluding hydrogens is 216 g/mol. The van der Waals surface area contributed by atoms with Crippen LogP contribution in [0.1, 0.15) is 5.56 Å². The molecule has 17 heavy (non-hydrogen) atoms. The van der Waals surface area contributed by atoms with E-state index >= 15 is 0 Å². The van der Waals surface area contributed by atoms with Crippen molar-refractivity contribution < 1.29 is 0 Å². The predicted molar refractivity (Wildman–Crippen MR) is 63.1 cm³/mol. The lowest BCUT2D eigenvalue weighted by Crippen LogP contribution is -2.00. The first-order chi connectivity index (χ1) is 8.34. The van der Waals surface area contributed by atoms with Crippen LogP contribution in [-0.2, 0) is 6.54 Å². The van der Waals surface area contributed by atoms with Gasteiger partial charge in [0.05, 0.1) is 12.9 Å². The van der Waals surface area contributed by atoms with E-state index in [0.29, 0.717) is 17.9 Å². The summed E-state index contributed by atoms with van der Waals surface area (Å²) in [5.74, 6) is 0.403. The van der Waals surface area contributed by atoms with E-state index in [1.807, 2.05) is 22.9 Å². The summed E-state index contributed by atoms with van der Waals surface area (Å²) in [6.45, 7) is 0.667. The van der Waals surface area contributed by atoms with E-state index in [-0.39, 0.29) is 0 Å². The molecule has 0 aliphatic carbocycles. The Kier molecular flexibility index (Phi) is 2.18. The molecular formula is C11H10N6. The smallest absolute Gasteiger partial charge is 0.165 e. The van der Waals surface area contributed by atoms with Crippen LogP contribution in [0, 0.1) is 0 Å². The van der Waals surface area contributed by atoms with Crippen LogP contribution in [0.5, 0.6) is 0 Å². The second-order valence-corrected chi connectivity index (χ2v) is 3.66. The Morgan fingerprint density at radius 3 is 3.00 bits per heavy atom. The number of rotatable bonds is 2. The summed E-state index contributed by atoms with van der Waals surface area (Å²) in [5, 5.41) is 0. The largest absolute Gasteiger partial charge is 0.382 e. The lowest BCUT2D eigenvalue weighted by Gasteiger charge is -2.02. The molecule has 0 saturated heterocycles. The van der Waals surface area contributed by atoms with Crippen molar-refractivity contribution in [1.29, 1.82) is 0 Å². The first kappa shape index (κ1) is 9.71. The molecule has 2 N–H and O–H groups in total. The average molecular weight is 226 g/mol. The fourth-order valence-corrected chi connectivity index (χ4v) is 1.70. The third-order valence-corrected chi connectivity index (χ3v) is 2.51. The van der Waals surface area contributed by atoms with Crippen molar-refractivity contribution in [2.24, 2.45) is 0 Å². The molecule has 3 heterocycles. The van der Waals surface area contributed by atoms with Gasteiger partial charge in [0, 0.05) is 12.4 Å². The molecule has 3 aromatic rings. The van der Waals surface area contributed by atoms with Crippen molar-refractivity contribution in [1.82, 2.24) is 24.5 Å². The average Bonchev–Trinajstić information content (AvgIpc) is 2.76. The maximum atomic E-state index is 5.72. The van der Waals surface area contributed by atoms with Gasteiger partial charge in [-0.25, -0.2) is 15.0 Å². The summed E-state index contributed by atoms with van der Waals surface area (Å²) in [4.78, 5) is 16.4. The molecule has 0 fully saturated rings. The quantitative estimate of drug-likeness (QED) is 0.700. The molecule has 0 saturated carbocycles. The molecule has 6 heteroatoms. The molecule has 0 unspecified atom stereocenters. The Hall–Kier alpha value is -2.50. The first-order valence-electron chi connectivity index (χ1n) is 5.15. The van der Waals surface area contributed by atoms with Crippen LogP contribution in [0.25, 0.3) is 11.2 Å². The monoisotopic (exact) mass is 226 g/mol. The fraction of sp³-hybridized carbons (Fsp3) is 0.0909. The Balaban J connectivity index is 2.05. The topological polar surface area (TPSA) is 82.5 Å². The van der Waals surface area contributed by atoms with Crippen LogP contribution >= 0.6 is 0 Å². The molecule has 0 radical (unpaired) electrons. The van der Waals surface area contributed by atoms with Crippen LogP contribution in [-0.4, -0.2) is 24.5 Å². The number of anilines is 1. The Morgan fingerprint density at radius 1 is 1.24 bits per heavy atom. The Morgan fingerprint density at radius 2 is 2.18 bits per heavy atom. The molecule has 0 atom stereocenters. The van der Waals surface area contributed by atoms with Gasteiger partial charge in [0.1, 0.15) is 11.8 Å². The highest BCUT2D eigenvalue weighted by Crippen LogP contribution is 2.15. The highest BCUT2D eigenvalue weighted by molar-refractivity contribution is 5.81. The standard InChI is InChI=1S/C11H10N6/c12-10-9-11(15-6-14-10)17(7-16-9)5-8-2-1-3-13-4-8/h1-4,6-7H,5H2,(H2,12,14,15). The van der Waals surface area contributed by atoms with Gasteiger partial charge >= 0.3 is 0 Å². The summed E-state index contributed by atoms with van der Waals surface area (Å²) >= 11 is 0. The summed E-state index contributed by atoms with van der Waals surface area (Å²) in [6.07, 6.45) is 6.72. The van der Waals surface area contributed by atoms with Crippen LogP contribution < -0.4 is 5.73 Å². The zero-order chi connectivity index (χ0) is 11.7. The van der Waals surface area contributed by atoms with Gasteiger partial charge in [-0.15, -0.1) is 0 Å². The number of nitrogen functional groups attached to an aromatic ring is 1. The number of imidazole rings is 1. The van der Waals surface area contributed by atoms with E-state index in [1.54, 1.807) is 12.5 Å². The second kappa shape index (κ2) is 3.82. The molecule has 3 rings (SSSR count). The van der Waals surface area contributed by atoms with Gasteiger partial charge < -0.3 is 10.3 Å². The number of aromatic nitrogens is 5. The molecule has 0 bridgehead atoms. The molecule has 0 aliphatic heterocycles. The third-order valence-electron chi connectivity index (χ3n) is 2.51. The number of nitrogens with zero attached hydrogens (tertiary/aromatic N) is 5. The lowest BCUT2D eigenvalue weighted by molar-refractivity contribution is 0.809. The maximum absolute atomic E-state index is 5.72. The van der Waals surface area contributed by atoms with Crippen LogP contribution in [0.2, 0.25) is 0 Å². The predicted octanol–water partition coefficient (Wildman–Crippen LogP) is 0.852. The third kappa shape index (κ3) is 1.69. The zero-order valence-electron chi connectivity index (χ0n) is 8.98. The minimum absolute atomic E-state index is 0.403. The van der Waals surface area contributed by atoms with E-state index in [4.69, 9.17) is 5.73 Å². The minimum Gasteiger partial charge on any atom is -0.382 e. The van der Waals surface area contributed by atoms with Crippen LogP contribution in [0.3, 0.4) is 0 Å². The molecule has 0 aromatic carbocycles. The Labute approximate surface area is 97.2 Å². The number of pyridine rings is 1. The normalized spacial score (nSPS) is 10.8. The number of hydrogen-bond acceptors (Lipinski definition) is 5. The van der Waals surface area contributed by atoms with Crippen molar-refractivity contribution in [3.05, 3.63) is 42.7 Å². The molecule has 0 amide bonds. The zero-order valence-corrected chi connectivity index (χ0v) is 8.98. The number of nitrogens with two attached hydrogens (primary N) is 1. The summed E-state index contributed by atoms with van der Waals surface area (Å²) in [5.41, 5.74) is 8.18. The number of hydrogen-bond donors (Lipinski definition) is 1. The Bertz CT molecular complexity index is 645. The summed E-state index contributed by atoms with van der Waals surface area (Å²) in [7, 11) is 0. The van der Waals surface area contributed by atoms with E-state index in [0.717, 1.165) is 11.2 Å². The van der Waals surface area contributed by atoms with Gasteiger partial charge in [-0.05, 0) is 11.6 Å². The van der Waals surface area contributed by atoms with E-state index in [1.165, 1.54) is 6.33 Å². The molecule has 0 aliphatic rings. The molecule has 6 nitrogen and oxygen atoms in total. The van der Waals surface area contributed by atoms with Crippen molar-refractivity contribution in [2.75, 3.05) is 5.73 Å². The van der Waals surface area contributed by atoms with Gasteiger partial charge in [0.2, 0.25) is 0 Å².